The van der Waals surface area contributed by atoms with Crippen molar-refractivity contribution in [3.8, 4) is 17.5 Å². The van der Waals surface area contributed by atoms with Gasteiger partial charge in [-0.05, 0) is 18.1 Å². The van der Waals surface area contributed by atoms with Crippen molar-refractivity contribution in [2.45, 2.75) is 19.8 Å². The van der Waals surface area contributed by atoms with Crippen LogP contribution < -0.4 is 0 Å². The standard InChI is InChI=1S/C11H11N3O/c1-7(2)10-8(6-12)11(14-13-10)9-4-3-5-15-9/h3-5,7H,1-2H3,(H,13,14). The second-order valence-corrected chi connectivity index (χ2v) is 3.60. The number of nitriles is 1. The molecule has 0 bridgehead atoms. The lowest BCUT2D eigenvalue weighted by atomic mass is 10.0. The number of aromatic nitrogens is 2. The molecule has 1 N–H and O–H groups in total. The Morgan fingerprint density at radius 2 is 2.33 bits per heavy atom. The van der Waals surface area contributed by atoms with E-state index in [1.54, 1.807) is 18.4 Å². The fourth-order valence-electron chi connectivity index (χ4n) is 1.48. The Labute approximate surface area is 87.5 Å². The third-order valence-corrected chi connectivity index (χ3v) is 2.24. The van der Waals surface area contributed by atoms with E-state index in [0.717, 1.165) is 5.69 Å². The summed E-state index contributed by atoms with van der Waals surface area (Å²) in [7, 11) is 0. The highest BCUT2D eigenvalue weighted by molar-refractivity contribution is 5.63. The van der Waals surface area contributed by atoms with Crippen LogP contribution in [0.25, 0.3) is 11.5 Å². The van der Waals surface area contributed by atoms with Crippen molar-refractivity contribution in [2.75, 3.05) is 0 Å². The summed E-state index contributed by atoms with van der Waals surface area (Å²) in [6.07, 6.45) is 1.57. The van der Waals surface area contributed by atoms with Crippen molar-refractivity contribution < 1.29 is 4.42 Å². The van der Waals surface area contributed by atoms with E-state index < -0.39 is 0 Å². The Morgan fingerprint density at radius 1 is 1.53 bits per heavy atom. The van der Waals surface area contributed by atoms with Crippen molar-refractivity contribution >= 4 is 0 Å². The summed E-state index contributed by atoms with van der Waals surface area (Å²) in [6, 6.07) is 5.73. The largest absolute Gasteiger partial charge is 0.463 e. The zero-order valence-electron chi connectivity index (χ0n) is 8.61. The predicted octanol–water partition coefficient (Wildman–Crippen LogP) is 2.66. The van der Waals surface area contributed by atoms with E-state index in [2.05, 4.69) is 16.3 Å². The van der Waals surface area contributed by atoms with E-state index in [4.69, 9.17) is 9.68 Å². The van der Waals surface area contributed by atoms with Crippen molar-refractivity contribution in [2.24, 2.45) is 0 Å². The summed E-state index contributed by atoms with van der Waals surface area (Å²) >= 11 is 0. The fourth-order valence-corrected chi connectivity index (χ4v) is 1.48. The lowest BCUT2D eigenvalue weighted by Gasteiger charge is -1.99. The molecular formula is C11H11N3O. The van der Waals surface area contributed by atoms with Crippen LogP contribution in [0.1, 0.15) is 31.0 Å². The van der Waals surface area contributed by atoms with Crippen LogP contribution in [0.4, 0.5) is 0 Å². The lowest BCUT2D eigenvalue weighted by molar-refractivity contribution is 0.579. The summed E-state index contributed by atoms with van der Waals surface area (Å²) in [5.74, 6) is 0.866. The molecule has 0 atom stereocenters. The van der Waals surface area contributed by atoms with E-state index in [1.807, 2.05) is 13.8 Å². The van der Waals surface area contributed by atoms with Gasteiger partial charge in [-0.3, -0.25) is 5.10 Å². The van der Waals surface area contributed by atoms with Gasteiger partial charge in [0.05, 0.1) is 12.0 Å². The molecule has 0 aliphatic rings. The van der Waals surface area contributed by atoms with Gasteiger partial charge in [-0.15, -0.1) is 0 Å². The van der Waals surface area contributed by atoms with Gasteiger partial charge in [0.2, 0.25) is 0 Å². The summed E-state index contributed by atoms with van der Waals surface area (Å²) in [5, 5.41) is 16.1. The Bertz CT molecular complexity index is 488. The molecule has 4 heteroatoms. The molecule has 0 saturated heterocycles. The van der Waals surface area contributed by atoms with Crippen LogP contribution in [0.3, 0.4) is 0 Å². The normalized spacial score (nSPS) is 10.5. The quantitative estimate of drug-likeness (QED) is 0.812. The molecule has 4 nitrogen and oxygen atoms in total. The minimum absolute atomic E-state index is 0.246. The molecule has 0 aromatic carbocycles. The van der Waals surface area contributed by atoms with Gasteiger partial charge in [0.1, 0.15) is 17.3 Å². The van der Waals surface area contributed by atoms with Crippen molar-refractivity contribution in [3.63, 3.8) is 0 Å². The van der Waals surface area contributed by atoms with Gasteiger partial charge in [0.25, 0.3) is 0 Å². The zero-order valence-corrected chi connectivity index (χ0v) is 8.61. The average Bonchev–Trinajstić information content (AvgIpc) is 2.85. The number of H-pyrrole nitrogens is 1. The molecule has 2 heterocycles. The predicted molar refractivity (Wildman–Crippen MR) is 55.1 cm³/mol. The summed E-state index contributed by atoms with van der Waals surface area (Å²) in [5.41, 5.74) is 2.01. The Morgan fingerprint density at radius 3 is 2.87 bits per heavy atom. The average molecular weight is 201 g/mol. The molecule has 0 unspecified atom stereocenters. The van der Waals surface area contributed by atoms with Crippen LogP contribution in [0.15, 0.2) is 22.8 Å². The van der Waals surface area contributed by atoms with Crippen molar-refractivity contribution in [3.05, 3.63) is 29.7 Å². The fraction of sp³-hybridized carbons (Fsp3) is 0.273. The van der Waals surface area contributed by atoms with Crippen LogP contribution in [-0.4, -0.2) is 10.2 Å². The second-order valence-electron chi connectivity index (χ2n) is 3.60. The number of hydrogen-bond acceptors (Lipinski definition) is 3. The molecule has 15 heavy (non-hydrogen) atoms. The third-order valence-electron chi connectivity index (χ3n) is 2.24. The highest BCUT2D eigenvalue weighted by Crippen LogP contribution is 2.27. The van der Waals surface area contributed by atoms with Crippen LogP contribution in [0.5, 0.6) is 0 Å². The first kappa shape index (κ1) is 9.53. The topological polar surface area (TPSA) is 65.6 Å². The van der Waals surface area contributed by atoms with Gasteiger partial charge in [0, 0.05) is 0 Å². The molecule has 0 aliphatic carbocycles. The van der Waals surface area contributed by atoms with E-state index >= 15 is 0 Å². The molecule has 0 radical (unpaired) electrons. The number of aromatic amines is 1. The van der Waals surface area contributed by atoms with E-state index in [0.29, 0.717) is 17.0 Å². The van der Waals surface area contributed by atoms with Gasteiger partial charge in [-0.1, -0.05) is 13.8 Å². The van der Waals surface area contributed by atoms with Gasteiger partial charge < -0.3 is 4.42 Å². The summed E-state index contributed by atoms with van der Waals surface area (Å²) < 4.78 is 5.22. The molecule has 0 fully saturated rings. The van der Waals surface area contributed by atoms with E-state index in [-0.39, 0.29) is 5.92 Å². The lowest BCUT2D eigenvalue weighted by Crippen LogP contribution is -1.90. The first-order chi connectivity index (χ1) is 7.24. The molecule has 0 spiro atoms. The Hall–Kier alpha value is -2.02. The number of rotatable bonds is 2. The maximum Gasteiger partial charge on any atom is 0.155 e. The number of hydrogen-bond donors (Lipinski definition) is 1. The van der Waals surface area contributed by atoms with Crippen molar-refractivity contribution in [1.82, 2.24) is 10.2 Å². The minimum Gasteiger partial charge on any atom is -0.463 e. The molecule has 2 aromatic heterocycles. The number of nitrogens with one attached hydrogen (secondary N) is 1. The molecule has 76 valence electrons. The van der Waals surface area contributed by atoms with Gasteiger partial charge in [-0.25, -0.2) is 0 Å². The second kappa shape index (κ2) is 3.62. The van der Waals surface area contributed by atoms with Crippen LogP contribution in [0, 0.1) is 11.3 Å². The van der Waals surface area contributed by atoms with E-state index in [1.165, 1.54) is 0 Å². The zero-order chi connectivity index (χ0) is 10.8. The van der Waals surface area contributed by atoms with Crippen LogP contribution >= 0.6 is 0 Å². The van der Waals surface area contributed by atoms with Crippen LogP contribution in [0.2, 0.25) is 0 Å². The highest BCUT2D eigenvalue weighted by atomic mass is 16.3. The van der Waals surface area contributed by atoms with E-state index in [9.17, 15) is 0 Å². The Balaban J connectivity index is 2.56. The molecular weight excluding hydrogens is 190 g/mol. The first-order valence-corrected chi connectivity index (χ1v) is 4.76. The van der Waals surface area contributed by atoms with Gasteiger partial charge in [0.15, 0.2) is 5.76 Å². The Kier molecular flexibility index (Phi) is 2.30. The van der Waals surface area contributed by atoms with Gasteiger partial charge in [-0.2, -0.15) is 10.4 Å². The highest BCUT2D eigenvalue weighted by Gasteiger charge is 2.18. The van der Waals surface area contributed by atoms with Gasteiger partial charge >= 0.3 is 0 Å². The smallest absolute Gasteiger partial charge is 0.155 e. The van der Waals surface area contributed by atoms with Crippen molar-refractivity contribution in [1.29, 1.82) is 5.26 Å². The molecule has 0 amide bonds. The minimum atomic E-state index is 0.246. The molecule has 0 aliphatic heterocycles. The number of nitrogens with zero attached hydrogens (tertiary/aromatic N) is 2. The SMILES string of the molecule is CC(C)c1[nH]nc(-c2ccco2)c1C#N. The third kappa shape index (κ3) is 1.52. The summed E-state index contributed by atoms with van der Waals surface area (Å²) in [6.45, 7) is 4.03. The first-order valence-electron chi connectivity index (χ1n) is 4.76. The number of furan rings is 1. The summed E-state index contributed by atoms with van der Waals surface area (Å²) in [4.78, 5) is 0. The molecule has 0 saturated carbocycles. The maximum absolute atomic E-state index is 9.08. The molecule has 2 aromatic rings. The monoisotopic (exact) mass is 201 g/mol. The maximum atomic E-state index is 9.08. The van der Waals surface area contributed by atoms with Crippen LogP contribution in [-0.2, 0) is 0 Å². The molecule has 2 rings (SSSR count).